The molecule has 0 amide bonds. The van der Waals surface area contributed by atoms with Crippen LogP contribution in [0.15, 0.2) is 47.5 Å². The maximum Gasteiger partial charge on any atom is 0.275 e. The number of aliphatic hydroxyl groups excluding tert-OH is 1. The van der Waals surface area contributed by atoms with E-state index in [-0.39, 0.29) is 11.5 Å². The summed E-state index contributed by atoms with van der Waals surface area (Å²) in [5, 5.41) is 17.8. The first-order chi connectivity index (χ1) is 18.8. The number of anilines is 2. The molecule has 1 aromatic heterocycles. The van der Waals surface area contributed by atoms with E-state index in [0.29, 0.717) is 22.5 Å². The number of hydrogen-bond donors (Lipinski definition) is 2. The molecular weight excluding hydrogens is 549 g/mol. The van der Waals surface area contributed by atoms with Crippen LogP contribution in [0, 0.1) is 11.2 Å². The molecule has 2 aliphatic heterocycles. The van der Waals surface area contributed by atoms with Gasteiger partial charge in [-0.05, 0) is 67.5 Å². The Bertz CT molecular complexity index is 1380. The number of halogens is 3. The Balaban J connectivity index is 1.27. The van der Waals surface area contributed by atoms with Crippen LogP contribution < -0.4 is 9.62 Å². The van der Waals surface area contributed by atoms with Gasteiger partial charge >= 0.3 is 0 Å². The highest BCUT2D eigenvalue weighted by atomic mass is 32.2. The van der Waals surface area contributed by atoms with E-state index in [1.807, 2.05) is 12.1 Å². The van der Waals surface area contributed by atoms with Crippen molar-refractivity contribution in [3.8, 4) is 16.9 Å². The lowest BCUT2D eigenvalue weighted by Gasteiger charge is -2.37. The number of hydrogen-bond acceptors (Lipinski definition) is 7. The summed E-state index contributed by atoms with van der Waals surface area (Å²) < 4.78 is 59.6. The molecule has 1 saturated carbocycles. The van der Waals surface area contributed by atoms with Gasteiger partial charge in [0.15, 0.2) is 0 Å². The van der Waals surface area contributed by atoms with Crippen molar-refractivity contribution in [1.82, 2.24) is 19.3 Å². The smallest absolute Gasteiger partial charge is 0.275 e. The Morgan fingerprint density at radius 1 is 1.08 bits per heavy atom. The van der Waals surface area contributed by atoms with Gasteiger partial charge in [-0.3, -0.25) is 0 Å². The van der Waals surface area contributed by atoms with E-state index in [9.17, 15) is 17.4 Å². The van der Waals surface area contributed by atoms with E-state index in [0.717, 1.165) is 47.2 Å². The minimum atomic E-state index is -2.90. The number of rotatable bonds is 9. The molecule has 1 atom stereocenters. The molecule has 208 valence electrons. The topological polar surface area (TPSA) is 86.5 Å². The molecule has 13 heteroatoms. The highest BCUT2D eigenvalue weighted by molar-refractivity contribution is 8.00. The molecule has 0 radical (unpaired) electrons. The first kappa shape index (κ1) is 26.6. The van der Waals surface area contributed by atoms with Crippen molar-refractivity contribution in [2.24, 2.45) is 5.41 Å². The minimum Gasteiger partial charge on any atom is -0.395 e. The molecular formula is C26H29F3N6O2S2. The van der Waals surface area contributed by atoms with Crippen molar-refractivity contribution in [2.75, 3.05) is 48.2 Å². The number of benzene rings is 2. The average Bonchev–Trinajstić information content (AvgIpc) is 3.48. The zero-order valence-corrected chi connectivity index (χ0v) is 22.8. The van der Waals surface area contributed by atoms with Gasteiger partial charge in [-0.15, -0.1) is 5.10 Å². The van der Waals surface area contributed by atoms with Crippen molar-refractivity contribution < 1.29 is 22.5 Å². The molecule has 39 heavy (non-hydrogen) atoms. The van der Waals surface area contributed by atoms with Crippen LogP contribution in [-0.4, -0.2) is 73.1 Å². The monoisotopic (exact) mass is 578 g/mol. The van der Waals surface area contributed by atoms with Crippen LogP contribution in [0.3, 0.4) is 0 Å². The first-order valence-corrected chi connectivity index (χ1v) is 15.0. The summed E-state index contributed by atoms with van der Waals surface area (Å²) in [6, 6.07) is 10.1. The number of aromatic nitrogens is 3. The predicted molar refractivity (Wildman–Crippen MR) is 146 cm³/mol. The van der Waals surface area contributed by atoms with E-state index in [1.54, 1.807) is 6.20 Å². The number of nitrogens with zero attached hydrogens (tertiary/aromatic N) is 5. The van der Waals surface area contributed by atoms with Crippen LogP contribution in [0.2, 0.25) is 0 Å². The fraction of sp³-hybridized carbons (Fsp3) is 0.462. The number of alkyl halides is 2. The SMILES string of the molecule is O=S(c1cc(-n2cc(-c3ccc(NSCCO)cc3N3CCC4(CC3)CC4)nn2)ccc1F)N1CC(F)(F)C1. The Hall–Kier alpha value is -2.61. The maximum absolute atomic E-state index is 14.5. The lowest BCUT2D eigenvalue weighted by molar-refractivity contribution is -0.0926. The van der Waals surface area contributed by atoms with Crippen LogP contribution >= 0.6 is 11.9 Å². The second-order valence-electron chi connectivity index (χ2n) is 10.5. The van der Waals surface area contributed by atoms with E-state index in [1.165, 1.54) is 47.7 Å². The standard InChI is InChI=1S/C26H29F3N6O2S2/c27-21-4-2-19(14-24(21)39(37)34-16-26(28,29)17-34)35-15-22(30-32-35)20-3-1-18(31-38-12-11-36)13-23(20)33-9-7-25(5-6-25)8-10-33/h1-4,13-15,31,36H,5-12,16-17H2. The van der Waals surface area contributed by atoms with Gasteiger partial charge in [-0.2, -0.15) is 0 Å². The van der Waals surface area contributed by atoms with E-state index >= 15 is 0 Å². The third-order valence-electron chi connectivity index (χ3n) is 7.69. The van der Waals surface area contributed by atoms with Crippen LogP contribution in [-0.2, 0) is 11.0 Å². The van der Waals surface area contributed by atoms with Crippen LogP contribution in [0.4, 0.5) is 24.5 Å². The molecule has 1 aliphatic carbocycles. The van der Waals surface area contributed by atoms with Gasteiger partial charge in [0.25, 0.3) is 5.92 Å². The first-order valence-electron chi connectivity index (χ1n) is 12.9. The van der Waals surface area contributed by atoms with Crippen molar-refractivity contribution in [3.05, 3.63) is 48.4 Å². The van der Waals surface area contributed by atoms with Crippen LogP contribution in [0.5, 0.6) is 0 Å². The zero-order chi connectivity index (χ0) is 27.2. The third-order valence-corrected chi connectivity index (χ3v) is 9.87. The lowest BCUT2D eigenvalue weighted by atomic mass is 9.93. The molecule has 8 nitrogen and oxygen atoms in total. The Morgan fingerprint density at radius 3 is 2.54 bits per heavy atom. The second kappa shape index (κ2) is 10.4. The van der Waals surface area contributed by atoms with Gasteiger partial charge in [-0.1, -0.05) is 17.2 Å². The quantitative estimate of drug-likeness (QED) is 0.286. The maximum atomic E-state index is 14.5. The second-order valence-corrected chi connectivity index (χ2v) is 12.8. The van der Waals surface area contributed by atoms with Crippen molar-refractivity contribution in [2.45, 2.75) is 36.5 Å². The molecule has 3 aromatic rings. The third kappa shape index (κ3) is 5.54. The highest BCUT2D eigenvalue weighted by Crippen LogP contribution is 2.54. The van der Waals surface area contributed by atoms with Crippen LogP contribution in [0.25, 0.3) is 16.9 Å². The van der Waals surface area contributed by atoms with Gasteiger partial charge in [0.1, 0.15) is 22.5 Å². The van der Waals surface area contributed by atoms with E-state index in [2.05, 4.69) is 26.0 Å². The Labute approximate surface area is 231 Å². The molecule has 2 saturated heterocycles. The summed E-state index contributed by atoms with van der Waals surface area (Å²) in [4.78, 5) is 2.21. The fourth-order valence-corrected chi connectivity index (χ4v) is 6.99. The molecule has 0 bridgehead atoms. The fourth-order valence-electron chi connectivity index (χ4n) is 5.16. The molecule has 3 aliphatic rings. The van der Waals surface area contributed by atoms with Gasteiger partial charge in [0.05, 0.1) is 36.5 Å². The van der Waals surface area contributed by atoms with E-state index < -0.39 is 35.8 Å². The molecule has 6 rings (SSSR count). The van der Waals surface area contributed by atoms with Crippen molar-refractivity contribution >= 4 is 34.3 Å². The van der Waals surface area contributed by atoms with Crippen LogP contribution in [0.1, 0.15) is 25.7 Å². The Kier molecular flexibility index (Phi) is 7.11. The van der Waals surface area contributed by atoms with Crippen molar-refractivity contribution in [1.29, 1.82) is 0 Å². The molecule has 1 unspecified atom stereocenters. The molecule has 1 spiro atoms. The number of nitrogens with one attached hydrogen (secondary N) is 1. The molecule has 3 fully saturated rings. The average molecular weight is 579 g/mol. The summed E-state index contributed by atoms with van der Waals surface area (Å²) in [7, 11) is -2.04. The molecule has 2 aromatic carbocycles. The van der Waals surface area contributed by atoms with Gasteiger partial charge in [0.2, 0.25) is 0 Å². The lowest BCUT2D eigenvalue weighted by Crippen LogP contribution is -2.56. The van der Waals surface area contributed by atoms with Crippen molar-refractivity contribution in [3.63, 3.8) is 0 Å². The summed E-state index contributed by atoms with van der Waals surface area (Å²) in [5.41, 5.74) is 4.44. The van der Waals surface area contributed by atoms with Gasteiger partial charge in [0, 0.05) is 35.8 Å². The molecule has 2 N–H and O–H groups in total. The van der Waals surface area contributed by atoms with Gasteiger partial charge in [-0.25, -0.2) is 26.4 Å². The summed E-state index contributed by atoms with van der Waals surface area (Å²) >= 11 is 1.44. The predicted octanol–water partition coefficient (Wildman–Crippen LogP) is 4.48. The zero-order valence-electron chi connectivity index (χ0n) is 21.2. The Morgan fingerprint density at radius 2 is 1.85 bits per heavy atom. The largest absolute Gasteiger partial charge is 0.395 e. The van der Waals surface area contributed by atoms with Gasteiger partial charge < -0.3 is 14.7 Å². The normalized spacial score (nSPS) is 20.6. The number of aliphatic hydroxyl groups is 1. The minimum absolute atomic E-state index is 0.0864. The highest BCUT2D eigenvalue weighted by Gasteiger charge is 2.47. The summed E-state index contributed by atoms with van der Waals surface area (Å²) in [6.45, 7) is 0.665. The summed E-state index contributed by atoms with van der Waals surface area (Å²) in [6.07, 6.45) is 6.68. The summed E-state index contributed by atoms with van der Waals surface area (Å²) in [5.74, 6) is -3.06. The molecule has 3 heterocycles. The van der Waals surface area contributed by atoms with E-state index in [4.69, 9.17) is 5.11 Å². The number of piperidine rings is 1.